The lowest BCUT2D eigenvalue weighted by atomic mass is 10.1. The van der Waals surface area contributed by atoms with Crippen LogP contribution in [0, 0.1) is 17.1 Å². The molecule has 21 heavy (non-hydrogen) atoms. The van der Waals surface area contributed by atoms with Crippen molar-refractivity contribution in [1.29, 1.82) is 5.26 Å². The molecule has 0 aliphatic heterocycles. The maximum atomic E-state index is 13.1. The molecule has 0 amide bonds. The number of thiazole rings is 1. The highest BCUT2D eigenvalue weighted by Gasteiger charge is 2.21. The van der Waals surface area contributed by atoms with Gasteiger partial charge in [0.05, 0.1) is 12.2 Å². The maximum Gasteiger partial charge on any atom is 0.152 e. The summed E-state index contributed by atoms with van der Waals surface area (Å²) in [4.78, 5) is 4.17. The highest BCUT2D eigenvalue weighted by atomic mass is 32.1. The Bertz CT molecular complexity index is 628. The number of nitrogens with two attached hydrogens (primary N) is 1. The van der Waals surface area contributed by atoms with Crippen molar-refractivity contribution in [3.63, 3.8) is 0 Å². The van der Waals surface area contributed by atoms with Gasteiger partial charge in [-0.25, -0.2) is 9.37 Å². The average molecular weight is 307 g/mol. The van der Waals surface area contributed by atoms with Crippen LogP contribution in [0.25, 0.3) is 0 Å². The van der Waals surface area contributed by atoms with Gasteiger partial charge in [-0.3, -0.25) is 0 Å². The molecule has 0 saturated heterocycles. The number of aliphatic hydroxyl groups excluding tert-OH is 1. The molecule has 0 aliphatic carbocycles. The van der Waals surface area contributed by atoms with Crippen LogP contribution in [-0.2, 0) is 0 Å². The second kappa shape index (κ2) is 7.13. The molecule has 1 aromatic carbocycles. The van der Waals surface area contributed by atoms with E-state index in [0.717, 1.165) is 6.07 Å². The van der Waals surface area contributed by atoms with E-state index in [-0.39, 0.29) is 17.9 Å². The fourth-order valence-electron chi connectivity index (χ4n) is 1.79. The van der Waals surface area contributed by atoms with Crippen LogP contribution in [0.5, 0.6) is 5.75 Å². The number of halogens is 1. The highest BCUT2D eigenvalue weighted by molar-refractivity contribution is 7.09. The largest absolute Gasteiger partial charge is 0.482 e. The van der Waals surface area contributed by atoms with E-state index >= 15 is 0 Å². The third-order valence-electron chi connectivity index (χ3n) is 2.81. The molecule has 3 N–H and O–H groups in total. The van der Waals surface area contributed by atoms with E-state index < -0.39 is 18.0 Å². The number of aromatic nitrogens is 1. The molecule has 2 aromatic rings. The van der Waals surface area contributed by atoms with E-state index in [1.807, 2.05) is 6.07 Å². The molecule has 0 bridgehead atoms. The Morgan fingerprint density at radius 2 is 2.33 bits per heavy atom. The van der Waals surface area contributed by atoms with Crippen LogP contribution in [0.4, 0.5) is 4.39 Å². The number of hydrogen-bond donors (Lipinski definition) is 2. The van der Waals surface area contributed by atoms with Crippen molar-refractivity contribution in [2.45, 2.75) is 18.6 Å². The van der Waals surface area contributed by atoms with Crippen LogP contribution in [0.1, 0.15) is 23.1 Å². The molecule has 2 atom stereocenters. The van der Waals surface area contributed by atoms with Gasteiger partial charge in [-0.2, -0.15) is 5.26 Å². The summed E-state index contributed by atoms with van der Waals surface area (Å²) in [5.74, 6) is -0.235. The number of hydrogen-bond acceptors (Lipinski definition) is 6. The Labute approximate surface area is 125 Å². The van der Waals surface area contributed by atoms with E-state index in [0.29, 0.717) is 11.4 Å². The van der Waals surface area contributed by atoms with Gasteiger partial charge in [-0.05, 0) is 18.2 Å². The van der Waals surface area contributed by atoms with E-state index in [1.54, 1.807) is 11.6 Å². The number of aliphatic hydroxyl groups is 1. The molecule has 0 spiro atoms. The Morgan fingerprint density at radius 1 is 1.52 bits per heavy atom. The molecule has 5 nitrogen and oxygen atoms in total. The molecule has 110 valence electrons. The molecular formula is C14H14FN3O2S. The molecule has 0 aliphatic rings. The third kappa shape index (κ3) is 3.98. The maximum absolute atomic E-state index is 13.1. The second-order valence-electron chi connectivity index (χ2n) is 4.41. The minimum absolute atomic E-state index is 0.106. The quantitative estimate of drug-likeness (QED) is 0.851. The summed E-state index contributed by atoms with van der Waals surface area (Å²) in [6.07, 6.45) is 1.48. The van der Waals surface area contributed by atoms with Crippen molar-refractivity contribution in [3.05, 3.63) is 46.2 Å². The topological polar surface area (TPSA) is 92.2 Å². The van der Waals surface area contributed by atoms with E-state index in [1.165, 1.54) is 23.5 Å². The first-order chi connectivity index (χ1) is 10.1. The van der Waals surface area contributed by atoms with E-state index in [2.05, 4.69) is 4.98 Å². The zero-order valence-corrected chi connectivity index (χ0v) is 11.9. The van der Waals surface area contributed by atoms with Crippen LogP contribution in [0.2, 0.25) is 0 Å². The molecule has 0 saturated carbocycles. The van der Waals surface area contributed by atoms with E-state index in [9.17, 15) is 4.39 Å². The fourth-order valence-corrected chi connectivity index (χ4v) is 2.47. The van der Waals surface area contributed by atoms with Crippen LogP contribution >= 0.6 is 11.3 Å². The number of nitriles is 1. The highest BCUT2D eigenvalue weighted by Crippen LogP contribution is 2.29. The van der Waals surface area contributed by atoms with Gasteiger partial charge in [0.2, 0.25) is 0 Å². The Morgan fingerprint density at radius 3 is 2.95 bits per heavy atom. The van der Waals surface area contributed by atoms with Crippen molar-refractivity contribution in [2.75, 3.05) is 6.61 Å². The molecular weight excluding hydrogens is 293 g/mol. The first-order valence-corrected chi connectivity index (χ1v) is 7.14. The molecule has 7 heteroatoms. The zero-order valence-electron chi connectivity index (χ0n) is 11.1. The summed E-state index contributed by atoms with van der Waals surface area (Å²) in [6.45, 7) is -0.181. The SMILES string of the molecule is N#Cc1cc(F)ccc1O[C@H](C[C@H](N)CO)c1nccs1. The van der Waals surface area contributed by atoms with Crippen molar-refractivity contribution in [1.82, 2.24) is 4.98 Å². The standard InChI is InChI=1S/C14H14FN3O2S/c15-10-1-2-12(9(5-10)7-16)20-13(6-11(17)8-19)14-18-3-4-21-14/h1-5,11,13,19H,6,8,17H2/t11-,13+/m0/s1. The number of benzene rings is 1. The molecule has 2 rings (SSSR count). The van der Waals surface area contributed by atoms with Crippen LogP contribution in [0.3, 0.4) is 0 Å². The summed E-state index contributed by atoms with van der Waals surface area (Å²) in [5.41, 5.74) is 5.86. The van der Waals surface area contributed by atoms with Gasteiger partial charge >= 0.3 is 0 Å². The van der Waals surface area contributed by atoms with Crippen LogP contribution in [-0.4, -0.2) is 22.7 Å². The Hall–Kier alpha value is -2.01. The summed E-state index contributed by atoms with van der Waals surface area (Å²) in [5, 5.41) is 20.6. The Kier molecular flexibility index (Phi) is 5.22. The van der Waals surface area contributed by atoms with Gasteiger partial charge in [-0.1, -0.05) is 0 Å². The normalized spacial score (nSPS) is 13.4. The fraction of sp³-hybridized carbons (Fsp3) is 0.286. The van der Waals surface area contributed by atoms with Crippen LogP contribution in [0.15, 0.2) is 29.8 Å². The minimum Gasteiger partial charge on any atom is -0.482 e. The van der Waals surface area contributed by atoms with Gasteiger partial charge in [0.1, 0.15) is 22.6 Å². The van der Waals surface area contributed by atoms with Gasteiger partial charge in [-0.15, -0.1) is 11.3 Å². The predicted molar refractivity (Wildman–Crippen MR) is 76.3 cm³/mol. The van der Waals surface area contributed by atoms with Gasteiger partial charge in [0, 0.05) is 24.0 Å². The predicted octanol–water partition coefficient (Wildman–Crippen LogP) is 1.98. The average Bonchev–Trinajstić information content (AvgIpc) is 3.02. The molecule has 0 radical (unpaired) electrons. The summed E-state index contributed by atoms with van der Waals surface area (Å²) < 4.78 is 18.9. The molecule has 1 heterocycles. The minimum atomic E-state index is -0.503. The van der Waals surface area contributed by atoms with Crippen LogP contribution < -0.4 is 10.5 Å². The number of ether oxygens (including phenoxy) is 1. The van der Waals surface area contributed by atoms with Gasteiger partial charge in [0.15, 0.2) is 6.10 Å². The van der Waals surface area contributed by atoms with Crippen molar-refractivity contribution in [3.8, 4) is 11.8 Å². The van der Waals surface area contributed by atoms with E-state index in [4.69, 9.17) is 20.8 Å². The molecule has 0 unspecified atom stereocenters. The first kappa shape index (κ1) is 15.4. The summed E-state index contributed by atoms with van der Waals surface area (Å²) >= 11 is 1.39. The zero-order chi connectivity index (χ0) is 15.2. The van der Waals surface area contributed by atoms with Gasteiger partial charge in [0.25, 0.3) is 0 Å². The smallest absolute Gasteiger partial charge is 0.152 e. The lowest BCUT2D eigenvalue weighted by molar-refractivity contribution is 0.161. The number of nitrogens with zero attached hydrogens (tertiary/aromatic N) is 2. The lowest BCUT2D eigenvalue weighted by Gasteiger charge is -2.20. The Balaban J connectivity index is 2.25. The molecule has 0 fully saturated rings. The second-order valence-corrected chi connectivity index (χ2v) is 5.33. The summed E-state index contributed by atoms with van der Waals surface area (Å²) in [6, 6.07) is 5.16. The van der Waals surface area contributed by atoms with Crippen molar-refractivity contribution >= 4 is 11.3 Å². The summed E-state index contributed by atoms with van der Waals surface area (Å²) in [7, 11) is 0. The lowest BCUT2D eigenvalue weighted by Crippen LogP contribution is -2.28. The monoisotopic (exact) mass is 307 g/mol. The number of rotatable bonds is 6. The first-order valence-electron chi connectivity index (χ1n) is 6.26. The van der Waals surface area contributed by atoms with Crippen molar-refractivity contribution < 1.29 is 14.2 Å². The van der Waals surface area contributed by atoms with Gasteiger partial charge < -0.3 is 15.6 Å². The molecule has 1 aromatic heterocycles. The third-order valence-corrected chi connectivity index (χ3v) is 3.68. The van der Waals surface area contributed by atoms with Crippen molar-refractivity contribution in [2.24, 2.45) is 5.73 Å².